The molecule has 1 aromatic rings. The van der Waals surface area contributed by atoms with Gasteiger partial charge in [0.25, 0.3) is 0 Å². The Labute approximate surface area is 135 Å². The highest BCUT2D eigenvalue weighted by atomic mass is 35.5. The van der Waals surface area contributed by atoms with Gasteiger partial charge in [-0.15, -0.1) is 12.4 Å². The van der Waals surface area contributed by atoms with Crippen LogP contribution >= 0.6 is 12.4 Å². The molecule has 2 N–H and O–H groups in total. The summed E-state index contributed by atoms with van der Waals surface area (Å²) in [6.07, 6.45) is 3.61. The molecule has 0 atom stereocenters. The normalized spacial score (nSPS) is 14.3. The quantitative estimate of drug-likeness (QED) is 0.748. The Kier molecular flexibility index (Phi) is 7.86. The van der Waals surface area contributed by atoms with Crippen molar-refractivity contribution in [1.29, 1.82) is 0 Å². The molecule has 0 spiro atoms. The highest BCUT2D eigenvalue weighted by molar-refractivity contribution is 5.90. The third-order valence-corrected chi connectivity index (χ3v) is 3.18. The molecule has 22 heavy (non-hydrogen) atoms. The first-order valence-corrected chi connectivity index (χ1v) is 7.01. The third-order valence-electron chi connectivity index (χ3n) is 3.18. The van der Waals surface area contributed by atoms with Crippen molar-refractivity contribution in [2.24, 2.45) is 0 Å². The summed E-state index contributed by atoms with van der Waals surface area (Å²) in [6.45, 7) is 3.19. The number of nitrogens with zero attached hydrogens (tertiary/aromatic N) is 3. The van der Waals surface area contributed by atoms with Crippen LogP contribution < -0.4 is 10.6 Å². The summed E-state index contributed by atoms with van der Waals surface area (Å²) < 4.78 is 6.74. The number of morpholine rings is 1. The summed E-state index contributed by atoms with van der Waals surface area (Å²) in [5.74, 6) is -0.0714. The number of amides is 2. The molecular weight excluding hydrogens is 310 g/mol. The lowest BCUT2D eigenvalue weighted by atomic mass is 10.4. The summed E-state index contributed by atoms with van der Waals surface area (Å²) in [7, 11) is 1.79. The maximum atomic E-state index is 12.1. The number of halogens is 1. The van der Waals surface area contributed by atoms with Gasteiger partial charge < -0.3 is 20.3 Å². The van der Waals surface area contributed by atoms with Gasteiger partial charge in [0.15, 0.2) is 0 Å². The van der Waals surface area contributed by atoms with Crippen molar-refractivity contribution in [3.63, 3.8) is 0 Å². The molecule has 1 aromatic heterocycles. The molecule has 2 rings (SSSR count). The maximum absolute atomic E-state index is 12.1. The third kappa shape index (κ3) is 5.63. The first-order valence-electron chi connectivity index (χ1n) is 7.01. The first kappa shape index (κ1) is 18.4. The summed E-state index contributed by atoms with van der Waals surface area (Å²) in [5.41, 5.74) is 0.603. The molecule has 0 saturated carbocycles. The van der Waals surface area contributed by atoms with Gasteiger partial charge in [-0.25, -0.2) is 0 Å². The molecule has 8 nitrogen and oxygen atoms in total. The second-order valence-electron chi connectivity index (χ2n) is 4.82. The number of rotatable bonds is 6. The zero-order chi connectivity index (χ0) is 15.1. The predicted octanol–water partition coefficient (Wildman–Crippen LogP) is -0.288. The number of anilines is 1. The monoisotopic (exact) mass is 331 g/mol. The maximum Gasteiger partial charge on any atom is 0.244 e. The average Bonchev–Trinajstić information content (AvgIpc) is 2.93. The molecule has 124 valence electrons. The van der Waals surface area contributed by atoms with Crippen LogP contribution in [0.15, 0.2) is 12.4 Å². The molecule has 0 unspecified atom stereocenters. The van der Waals surface area contributed by atoms with E-state index in [9.17, 15) is 9.59 Å². The average molecular weight is 332 g/mol. The molecule has 0 bridgehead atoms. The van der Waals surface area contributed by atoms with E-state index in [0.717, 1.165) is 0 Å². The summed E-state index contributed by atoms with van der Waals surface area (Å²) in [5, 5.41) is 9.74. The van der Waals surface area contributed by atoms with Crippen LogP contribution in [0.3, 0.4) is 0 Å². The first-order chi connectivity index (χ1) is 10.2. The van der Waals surface area contributed by atoms with Crippen LogP contribution in [0.5, 0.6) is 0 Å². The molecule has 0 aromatic carbocycles. The van der Waals surface area contributed by atoms with E-state index < -0.39 is 0 Å². The van der Waals surface area contributed by atoms with Crippen molar-refractivity contribution >= 4 is 29.9 Å². The molecule has 9 heteroatoms. The highest BCUT2D eigenvalue weighted by Gasteiger charge is 2.17. The van der Waals surface area contributed by atoms with Crippen molar-refractivity contribution in [2.45, 2.75) is 13.0 Å². The fraction of sp³-hybridized carbons (Fsp3) is 0.615. The minimum absolute atomic E-state index is 0. The Morgan fingerprint density at radius 2 is 2.09 bits per heavy atom. The van der Waals surface area contributed by atoms with E-state index in [1.165, 1.54) is 4.68 Å². The van der Waals surface area contributed by atoms with Crippen molar-refractivity contribution in [2.75, 3.05) is 45.2 Å². The van der Waals surface area contributed by atoms with Crippen LogP contribution in [0.2, 0.25) is 0 Å². The Balaban J connectivity index is 0.00000242. The zero-order valence-electron chi connectivity index (χ0n) is 12.6. The minimum Gasteiger partial charge on any atom is -0.378 e. The minimum atomic E-state index is -0.0802. The fourth-order valence-corrected chi connectivity index (χ4v) is 2.03. The Morgan fingerprint density at radius 1 is 1.36 bits per heavy atom. The lowest BCUT2D eigenvalue weighted by Crippen LogP contribution is -2.42. The molecule has 1 saturated heterocycles. The molecule has 1 aliphatic heterocycles. The Hall–Kier alpha value is -1.64. The van der Waals surface area contributed by atoms with Crippen LogP contribution in [-0.4, -0.2) is 66.4 Å². The standard InChI is InChI=1S/C13H21N5O3.ClH/c1-14-3-2-12(19)16-11-8-15-18(9-11)10-13(20)17-4-6-21-7-5-17;/h8-9,14H,2-7,10H2,1H3,(H,16,19);1H. The molecule has 0 aliphatic carbocycles. The molecule has 1 aliphatic rings. The summed E-state index contributed by atoms with van der Waals surface area (Å²) >= 11 is 0. The van der Waals surface area contributed by atoms with Crippen molar-refractivity contribution in [3.05, 3.63) is 12.4 Å². The van der Waals surface area contributed by atoms with Crippen LogP contribution in [0, 0.1) is 0 Å². The molecule has 1 fully saturated rings. The number of hydrogen-bond acceptors (Lipinski definition) is 5. The Morgan fingerprint density at radius 3 is 2.77 bits per heavy atom. The molecule has 0 radical (unpaired) electrons. The van der Waals surface area contributed by atoms with Crippen molar-refractivity contribution < 1.29 is 14.3 Å². The van der Waals surface area contributed by atoms with E-state index in [1.807, 2.05) is 0 Å². The second-order valence-corrected chi connectivity index (χ2v) is 4.82. The van der Waals surface area contributed by atoms with Gasteiger partial charge in [0, 0.05) is 32.3 Å². The van der Waals surface area contributed by atoms with E-state index >= 15 is 0 Å². The number of aromatic nitrogens is 2. The van der Waals surface area contributed by atoms with E-state index in [0.29, 0.717) is 45.0 Å². The van der Waals surface area contributed by atoms with Gasteiger partial charge in [-0.1, -0.05) is 0 Å². The van der Waals surface area contributed by atoms with E-state index in [2.05, 4.69) is 15.7 Å². The largest absolute Gasteiger partial charge is 0.378 e. The van der Waals surface area contributed by atoms with Gasteiger partial charge in [-0.2, -0.15) is 5.10 Å². The SMILES string of the molecule is CNCCC(=O)Nc1cnn(CC(=O)N2CCOCC2)c1.Cl. The van der Waals surface area contributed by atoms with Gasteiger partial charge in [0.05, 0.1) is 25.1 Å². The smallest absolute Gasteiger partial charge is 0.244 e. The van der Waals surface area contributed by atoms with Crippen molar-refractivity contribution in [3.8, 4) is 0 Å². The molecule has 2 heterocycles. The van der Waals surface area contributed by atoms with Crippen LogP contribution in [0.25, 0.3) is 0 Å². The Bertz CT molecular complexity index is 488. The zero-order valence-corrected chi connectivity index (χ0v) is 13.4. The van der Waals surface area contributed by atoms with E-state index in [-0.39, 0.29) is 30.8 Å². The second kappa shape index (κ2) is 9.39. The van der Waals surface area contributed by atoms with Crippen molar-refractivity contribution in [1.82, 2.24) is 20.0 Å². The van der Waals surface area contributed by atoms with Crippen LogP contribution in [0.1, 0.15) is 6.42 Å². The van der Waals surface area contributed by atoms with Crippen LogP contribution in [-0.2, 0) is 20.9 Å². The van der Waals surface area contributed by atoms with Gasteiger partial charge in [0.2, 0.25) is 11.8 Å². The van der Waals surface area contributed by atoms with Gasteiger partial charge in [-0.3, -0.25) is 14.3 Å². The van der Waals surface area contributed by atoms with Gasteiger partial charge >= 0.3 is 0 Å². The number of nitrogens with one attached hydrogen (secondary N) is 2. The van der Waals surface area contributed by atoms with E-state index in [1.54, 1.807) is 24.3 Å². The summed E-state index contributed by atoms with van der Waals surface area (Å²) in [4.78, 5) is 25.4. The number of carbonyl (C=O) groups is 2. The number of carbonyl (C=O) groups excluding carboxylic acids is 2. The topological polar surface area (TPSA) is 88.5 Å². The molecular formula is C13H22ClN5O3. The van der Waals surface area contributed by atoms with Gasteiger partial charge in [-0.05, 0) is 7.05 Å². The molecule has 2 amide bonds. The highest BCUT2D eigenvalue weighted by Crippen LogP contribution is 2.06. The number of hydrogen-bond donors (Lipinski definition) is 2. The summed E-state index contributed by atoms with van der Waals surface area (Å²) in [6, 6.07) is 0. The number of ether oxygens (including phenoxy) is 1. The van der Waals surface area contributed by atoms with E-state index in [4.69, 9.17) is 4.74 Å². The van der Waals surface area contributed by atoms with Gasteiger partial charge in [0.1, 0.15) is 6.54 Å². The van der Waals surface area contributed by atoms with Crippen LogP contribution in [0.4, 0.5) is 5.69 Å². The fourth-order valence-electron chi connectivity index (χ4n) is 2.03. The lowest BCUT2D eigenvalue weighted by Gasteiger charge is -2.26. The predicted molar refractivity (Wildman–Crippen MR) is 84.0 cm³/mol. The lowest BCUT2D eigenvalue weighted by molar-refractivity contribution is -0.136.